The van der Waals surface area contributed by atoms with Crippen molar-refractivity contribution in [2.24, 2.45) is 0 Å². The predicted octanol–water partition coefficient (Wildman–Crippen LogP) is 8.13. The highest BCUT2D eigenvalue weighted by molar-refractivity contribution is 9.10. The van der Waals surface area contributed by atoms with E-state index in [2.05, 4.69) is 32.6 Å². The van der Waals surface area contributed by atoms with Gasteiger partial charge in [0.15, 0.2) is 0 Å². The van der Waals surface area contributed by atoms with Crippen molar-refractivity contribution in [2.45, 2.75) is 13.5 Å². The van der Waals surface area contributed by atoms with Crippen LogP contribution >= 0.6 is 27.5 Å². The second-order valence-electron chi connectivity index (χ2n) is 7.74. The normalized spacial score (nSPS) is 11.2. The lowest BCUT2D eigenvalue weighted by molar-refractivity contribution is 0.307. The van der Waals surface area contributed by atoms with Crippen molar-refractivity contribution < 1.29 is 9.13 Å². The summed E-state index contributed by atoms with van der Waals surface area (Å²) >= 11 is 10.0. The Balaban J connectivity index is 1.59. The van der Waals surface area contributed by atoms with Crippen LogP contribution in [0.5, 0.6) is 5.75 Å². The van der Waals surface area contributed by atoms with E-state index in [1.807, 2.05) is 49.4 Å². The number of aromatic nitrogens is 2. The third-order valence-corrected chi connectivity index (χ3v) is 6.35. The molecular formula is C27H19BrClFN2O. The van der Waals surface area contributed by atoms with Crippen LogP contribution in [0.15, 0.2) is 89.5 Å². The molecule has 0 N–H and O–H groups in total. The number of fused-ring (bicyclic) bond motifs is 1. The van der Waals surface area contributed by atoms with Gasteiger partial charge < -0.3 is 4.74 Å². The van der Waals surface area contributed by atoms with Crippen molar-refractivity contribution in [3.63, 3.8) is 0 Å². The molecule has 2 heterocycles. The van der Waals surface area contributed by atoms with E-state index in [0.29, 0.717) is 17.4 Å². The lowest BCUT2D eigenvalue weighted by Crippen LogP contribution is -2.04. The molecule has 164 valence electrons. The summed E-state index contributed by atoms with van der Waals surface area (Å²) in [6.07, 6.45) is 0. The molecule has 5 aromatic rings. The van der Waals surface area contributed by atoms with Crippen LogP contribution in [0.4, 0.5) is 4.39 Å². The van der Waals surface area contributed by atoms with Gasteiger partial charge in [-0.15, -0.1) is 0 Å². The molecule has 0 bridgehead atoms. The standard InChI is InChI=1S/C27H19BrClFN2O/c1-17-6-12-24(32(17)26-14-19-4-2-3-5-22(19)27(28)31-26)23-15-20(29)9-13-25(23)33-16-18-7-10-21(30)11-8-18/h2-15H,16H2,1H3. The van der Waals surface area contributed by atoms with Crippen LogP contribution in [0, 0.1) is 12.7 Å². The predicted molar refractivity (Wildman–Crippen MR) is 135 cm³/mol. The summed E-state index contributed by atoms with van der Waals surface area (Å²) in [6, 6.07) is 26.1. The van der Waals surface area contributed by atoms with E-state index in [9.17, 15) is 4.39 Å². The Hall–Kier alpha value is -3.15. The van der Waals surface area contributed by atoms with E-state index in [0.717, 1.165) is 43.7 Å². The third kappa shape index (κ3) is 4.39. The Morgan fingerprint density at radius 3 is 2.58 bits per heavy atom. The molecular weight excluding hydrogens is 503 g/mol. The van der Waals surface area contributed by atoms with E-state index >= 15 is 0 Å². The van der Waals surface area contributed by atoms with E-state index < -0.39 is 0 Å². The summed E-state index contributed by atoms with van der Waals surface area (Å²) in [7, 11) is 0. The third-order valence-electron chi connectivity index (χ3n) is 5.51. The van der Waals surface area contributed by atoms with Gasteiger partial charge in [-0.25, -0.2) is 9.37 Å². The second-order valence-corrected chi connectivity index (χ2v) is 8.93. The van der Waals surface area contributed by atoms with Gasteiger partial charge in [0, 0.05) is 21.7 Å². The lowest BCUT2D eigenvalue weighted by Gasteiger charge is -2.16. The highest BCUT2D eigenvalue weighted by Crippen LogP contribution is 2.36. The molecule has 0 atom stereocenters. The molecule has 5 rings (SSSR count). The molecule has 2 aromatic heterocycles. The number of aryl methyl sites for hydroxylation is 1. The van der Waals surface area contributed by atoms with Crippen molar-refractivity contribution >= 4 is 38.3 Å². The van der Waals surface area contributed by atoms with Gasteiger partial charge in [0.2, 0.25) is 0 Å². The maximum atomic E-state index is 13.2. The van der Waals surface area contributed by atoms with Crippen LogP contribution in [0.1, 0.15) is 11.3 Å². The Morgan fingerprint density at radius 2 is 1.76 bits per heavy atom. The zero-order chi connectivity index (χ0) is 22.9. The smallest absolute Gasteiger partial charge is 0.139 e. The van der Waals surface area contributed by atoms with Crippen molar-refractivity contribution in [1.82, 2.24) is 9.55 Å². The molecule has 3 aromatic carbocycles. The number of hydrogen-bond donors (Lipinski definition) is 0. The van der Waals surface area contributed by atoms with Gasteiger partial charge in [-0.2, -0.15) is 0 Å². The minimum absolute atomic E-state index is 0.270. The summed E-state index contributed by atoms with van der Waals surface area (Å²) < 4.78 is 22.3. The maximum absolute atomic E-state index is 13.2. The van der Waals surface area contributed by atoms with Gasteiger partial charge in [0.1, 0.15) is 28.6 Å². The molecule has 0 aliphatic heterocycles. The molecule has 0 fully saturated rings. The summed E-state index contributed by atoms with van der Waals surface area (Å²) in [4.78, 5) is 4.82. The number of benzene rings is 3. The first kappa shape index (κ1) is 21.7. The molecule has 0 aliphatic rings. The van der Waals surface area contributed by atoms with Crippen LogP contribution in [-0.2, 0) is 6.61 Å². The largest absolute Gasteiger partial charge is 0.488 e. The molecule has 0 radical (unpaired) electrons. The van der Waals surface area contributed by atoms with Crippen LogP contribution in [-0.4, -0.2) is 9.55 Å². The average molecular weight is 522 g/mol. The first-order chi connectivity index (χ1) is 16.0. The molecule has 3 nitrogen and oxygen atoms in total. The zero-order valence-electron chi connectivity index (χ0n) is 17.7. The average Bonchev–Trinajstić information content (AvgIpc) is 3.20. The summed E-state index contributed by atoms with van der Waals surface area (Å²) in [5, 5.41) is 2.75. The Morgan fingerprint density at radius 1 is 0.970 bits per heavy atom. The SMILES string of the molecule is Cc1ccc(-c2cc(Cl)ccc2OCc2ccc(F)cc2)n1-c1cc2ccccc2c(Br)n1. The van der Waals surface area contributed by atoms with Gasteiger partial charge in [0.25, 0.3) is 0 Å². The van der Waals surface area contributed by atoms with Gasteiger partial charge in [-0.05, 0) is 82.3 Å². The van der Waals surface area contributed by atoms with Crippen molar-refractivity contribution in [3.8, 4) is 22.8 Å². The van der Waals surface area contributed by atoms with E-state index in [1.165, 1.54) is 12.1 Å². The number of hydrogen-bond acceptors (Lipinski definition) is 2. The Labute approximate surface area is 204 Å². The van der Waals surface area contributed by atoms with Gasteiger partial charge >= 0.3 is 0 Å². The Bertz CT molecular complexity index is 1460. The summed E-state index contributed by atoms with van der Waals surface area (Å²) in [5.74, 6) is 1.21. The topological polar surface area (TPSA) is 27.1 Å². The zero-order valence-corrected chi connectivity index (χ0v) is 20.1. The molecule has 0 aliphatic carbocycles. The number of halogens is 3. The highest BCUT2D eigenvalue weighted by atomic mass is 79.9. The van der Waals surface area contributed by atoms with Gasteiger partial charge in [0.05, 0.1) is 5.69 Å². The van der Waals surface area contributed by atoms with Crippen LogP contribution in [0.3, 0.4) is 0 Å². The highest BCUT2D eigenvalue weighted by Gasteiger charge is 2.17. The minimum Gasteiger partial charge on any atom is -0.488 e. The molecule has 33 heavy (non-hydrogen) atoms. The number of nitrogens with zero attached hydrogens (tertiary/aromatic N) is 2. The second kappa shape index (κ2) is 9.00. The van der Waals surface area contributed by atoms with Crippen molar-refractivity contribution in [1.29, 1.82) is 0 Å². The number of pyridine rings is 1. The fraction of sp³-hybridized carbons (Fsp3) is 0.0741. The van der Waals surface area contributed by atoms with E-state index in [-0.39, 0.29) is 5.82 Å². The lowest BCUT2D eigenvalue weighted by atomic mass is 10.1. The van der Waals surface area contributed by atoms with Crippen molar-refractivity contribution in [3.05, 3.63) is 112 Å². The van der Waals surface area contributed by atoms with Gasteiger partial charge in [-0.3, -0.25) is 4.57 Å². The monoisotopic (exact) mass is 520 g/mol. The fourth-order valence-corrected chi connectivity index (χ4v) is 4.60. The van der Waals surface area contributed by atoms with Crippen LogP contribution in [0.25, 0.3) is 27.8 Å². The maximum Gasteiger partial charge on any atom is 0.139 e. The Kier molecular flexibility index (Phi) is 5.92. The summed E-state index contributed by atoms with van der Waals surface area (Å²) in [5.41, 5.74) is 3.68. The fourth-order valence-electron chi connectivity index (χ4n) is 3.88. The first-order valence-electron chi connectivity index (χ1n) is 10.4. The molecule has 0 saturated heterocycles. The quantitative estimate of drug-likeness (QED) is 0.218. The van der Waals surface area contributed by atoms with Crippen molar-refractivity contribution in [2.75, 3.05) is 0 Å². The molecule has 0 spiro atoms. The van der Waals surface area contributed by atoms with E-state index in [4.69, 9.17) is 21.3 Å². The number of ether oxygens (including phenoxy) is 1. The molecule has 6 heteroatoms. The number of rotatable bonds is 5. The minimum atomic E-state index is -0.270. The van der Waals surface area contributed by atoms with Crippen LogP contribution < -0.4 is 4.74 Å². The molecule has 0 saturated carbocycles. The summed E-state index contributed by atoms with van der Waals surface area (Å²) in [6.45, 7) is 2.35. The van der Waals surface area contributed by atoms with Crippen LogP contribution in [0.2, 0.25) is 5.02 Å². The van der Waals surface area contributed by atoms with E-state index in [1.54, 1.807) is 18.2 Å². The first-order valence-corrected chi connectivity index (χ1v) is 11.6. The molecule has 0 unspecified atom stereocenters. The van der Waals surface area contributed by atoms with Gasteiger partial charge in [-0.1, -0.05) is 48.0 Å². The molecule has 0 amide bonds.